The number of rotatable bonds is 5. The zero-order chi connectivity index (χ0) is 18.0. The number of alkyl carbamates (subject to hydrolysis) is 1. The van der Waals surface area contributed by atoms with E-state index in [4.69, 9.17) is 10.5 Å². The molecule has 0 aliphatic heterocycles. The monoisotopic (exact) mass is 332 g/mol. The molecule has 6 heteroatoms. The molecule has 24 heavy (non-hydrogen) atoms. The van der Waals surface area contributed by atoms with Crippen LogP contribution in [0.3, 0.4) is 0 Å². The van der Waals surface area contributed by atoms with Crippen molar-refractivity contribution in [3.05, 3.63) is 30.1 Å². The molecule has 0 spiro atoms. The van der Waals surface area contributed by atoms with Gasteiger partial charge < -0.3 is 20.4 Å². The van der Waals surface area contributed by atoms with Crippen LogP contribution in [-0.4, -0.2) is 27.8 Å². The maximum atomic E-state index is 11.9. The lowest BCUT2D eigenvalue weighted by molar-refractivity contribution is 0.0502. The average molecular weight is 332 g/mol. The molecule has 1 heterocycles. The number of hydrogen-bond donors (Lipinski definition) is 2. The van der Waals surface area contributed by atoms with Gasteiger partial charge in [0, 0.05) is 18.5 Å². The molecule has 0 saturated carbocycles. The van der Waals surface area contributed by atoms with Crippen molar-refractivity contribution in [1.29, 1.82) is 0 Å². The van der Waals surface area contributed by atoms with Crippen molar-refractivity contribution in [2.24, 2.45) is 11.1 Å². The molecule has 0 saturated heterocycles. The van der Waals surface area contributed by atoms with Crippen LogP contribution in [-0.2, 0) is 17.8 Å². The summed E-state index contributed by atoms with van der Waals surface area (Å²) in [7, 11) is 0. The summed E-state index contributed by atoms with van der Waals surface area (Å²) in [4.78, 5) is 16.5. The average Bonchev–Trinajstić information content (AvgIpc) is 2.81. The number of imidazole rings is 1. The van der Waals surface area contributed by atoms with Gasteiger partial charge in [0.25, 0.3) is 0 Å². The van der Waals surface area contributed by atoms with Crippen molar-refractivity contribution in [3.8, 4) is 0 Å². The summed E-state index contributed by atoms with van der Waals surface area (Å²) < 4.78 is 7.43. The summed E-state index contributed by atoms with van der Waals surface area (Å²) >= 11 is 0. The van der Waals surface area contributed by atoms with Crippen molar-refractivity contribution in [1.82, 2.24) is 14.9 Å². The van der Waals surface area contributed by atoms with E-state index in [1.165, 1.54) is 0 Å². The molecule has 0 aliphatic rings. The first-order chi connectivity index (χ1) is 11.1. The molecule has 0 fully saturated rings. The molecule has 2 aromatic rings. The molecule has 3 N–H and O–H groups in total. The van der Waals surface area contributed by atoms with Crippen LogP contribution in [0, 0.1) is 5.41 Å². The van der Waals surface area contributed by atoms with Gasteiger partial charge in [-0.1, -0.05) is 26.0 Å². The molecule has 6 nitrogen and oxygen atoms in total. The maximum Gasteiger partial charge on any atom is 0.407 e. The molecule has 1 aromatic carbocycles. The second-order valence-corrected chi connectivity index (χ2v) is 7.83. The van der Waals surface area contributed by atoms with E-state index < -0.39 is 11.7 Å². The summed E-state index contributed by atoms with van der Waals surface area (Å²) in [6.45, 7) is 11.3. The molecule has 0 atom stereocenters. The maximum absolute atomic E-state index is 11.9. The fourth-order valence-corrected chi connectivity index (χ4v) is 2.57. The molecule has 0 aliphatic carbocycles. The highest BCUT2D eigenvalue weighted by atomic mass is 16.6. The molecule has 0 unspecified atom stereocenters. The minimum atomic E-state index is -0.499. The summed E-state index contributed by atoms with van der Waals surface area (Å²) in [6, 6.07) is 7.98. The van der Waals surface area contributed by atoms with E-state index in [9.17, 15) is 4.79 Å². The Morgan fingerprint density at radius 1 is 1.25 bits per heavy atom. The molecule has 1 aromatic heterocycles. The molecule has 0 radical (unpaired) electrons. The molecule has 1 amide bonds. The number of para-hydroxylation sites is 2. The van der Waals surface area contributed by atoms with Gasteiger partial charge in [-0.25, -0.2) is 9.78 Å². The van der Waals surface area contributed by atoms with Gasteiger partial charge in [-0.05, 0) is 32.9 Å². The third kappa shape index (κ3) is 4.71. The number of carbonyl (C=O) groups is 1. The molecule has 0 bridgehead atoms. The number of aromatic nitrogens is 2. The van der Waals surface area contributed by atoms with Crippen molar-refractivity contribution >= 4 is 17.1 Å². The van der Waals surface area contributed by atoms with Gasteiger partial charge in [0.2, 0.25) is 0 Å². The lowest BCUT2D eigenvalue weighted by Crippen LogP contribution is -2.39. The van der Waals surface area contributed by atoms with E-state index in [2.05, 4.69) is 28.7 Å². The molecular weight excluding hydrogens is 304 g/mol. The van der Waals surface area contributed by atoms with Crippen molar-refractivity contribution < 1.29 is 9.53 Å². The smallest absolute Gasteiger partial charge is 0.407 e. The quantitative estimate of drug-likeness (QED) is 0.881. The first-order valence-electron chi connectivity index (χ1n) is 8.22. The van der Waals surface area contributed by atoms with Gasteiger partial charge in [0.05, 0.1) is 17.6 Å². The van der Waals surface area contributed by atoms with Crippen LogP contribution in [0.1, 0.15) is 40.4 Å². The number of fused-ring (bicyclic) bond motifs is 1. The van der Waals surface area contributed by atoms with Crippen LogP contribution in [0.15, 0.2) is 24.3 Å². The largest absolute Gasteiger partial charge is 0.444 e. The van der Waals surface area contributed by atoms with E-state index in [1.54, 1.807) is 0 Å². The van der Waals surface area contributed by atoms with Gasteiger partial charge >= 0.3 is 6.09 Å². The Kier molecular flexibility index (Phi) is 5.18. The van der Waals surface area contributed by atoms with Crippen LogP contribution in [0.4, 0.5) is 4.79 Å². The number of carbonyl (C=O) groups excluding carboxylic acids is 1. The van der Waals surface area contributed by atoms with Crippen LogP contribution >= 0.6 is 0 Å². The number of nitrogens with one attached hydrogen (secondary N) is 1. The first kappa shape index (κ1) is 18.3. The number of nitrogens with zero attached hydrogens (tertiary/aromatic N) is 2. The Morgan fingerprint density at radius 2 is 1.92 bits per heavy atom. The Hall–Kier alpha value is -2.08. The fraction of sp³-hybridized carbons (Fsp3) is 0.556. The van der Waals surface area contributed by atoms with Crippen LogP contribution in [0.2, 0.25) is 0 Å². The van der Waals surface area contributed by atoms with Crippen molar-refractivity contribution in [2.75, 3.05) is 6.54 Å². The third-order valence-electron chi connectivity index (χ3n) is 3.61. The summed E-state index contributed by atoms with van der Waals surface area (Å²) in [5.41, 5.74) is 7.17. The second-order valence-electron chi connectivity index (χ2n) is 7.83. The lowest BCUT2D eigenvalue weighted by Gasteiger charge is -2.28. The van der Waals surface area contributed by atoms with Gasteiger partial charge in [0.15, 0.2) is 0 Å². The van der Waals surface area contributed by atoms with Crippen molar-refractivity contribution in [3.63, 3.8) is 0 Å². The van der Waals surface area contributed by atoms with E-state index in [-0.39, 0.29) is 5.41 Å². The molecule has 132 valence electrons. The predicted molar refractivity (Wildman–Crippen MR) is 95.6 cm³/mol. The van der Waals surface area contributed by atoms with Gasteiger partial charge in [-0.15, -0.1) is 0 Å². The summed E-state index contributed by atoms with van der Waals surface area (Å²) in [6.07, 6.45) is -0.398. The third-order valence-corrected chi connectivity index (χ3v) is 3.61. The summed E-state index contributed by atoms with van der Waals surface area (Å²) in [5.74, 6) is 0.849. The highest BCUT2D eigenvalue weighted by molar-refractivity contribution is 5.75. The normalized spacial score (nSPS) is 12.4. The number of hydrogen-bond acceptors (Lipinski definition) is 4. The minimum absolute atomic E-state index is 0.176. The highest BCUT2D eigenvalue weighted by Gasteiger charge is 2.24. The van der Waals surface area contributed by atoms with Crippen LogP contribution in [0.5, 0.6) is 0 Å². The second kappa shape index (κ2) is 6.81. The number of benzene rings is 1. The van der Waals surface area contributed by atoms with E-state index in [0.717, 1.165) is 16.9 Å². The van der Waals surface area contributed by atoms with E-state index >= 15 is 0 Å². The standard InChI is InChI=1S/C18H28N4O2/c1-17(2,3)24-16(23)20-11-18(4,5)12-22-14-9-7-6-8-13(14)21-15(22)10-19/h6-9H,10-12,19H2,1-5H3,(H,20,23). The number of nitrogens with two attached hydrogens (primary N) is 1. The van der Waals surface area contributed by atoms with Gasteiger partial charge in [0.1, 0.15) is 11.4 Å². The predicted octanol–water partition coefficient (Wildman–Crippen LogP) is 3.05. The van der Waals surface area contributed by atoms with Gasteiger partial charge in [-0.2, -0.15) is 0 Å². The Morgan fingerprint density at radius 3 is 2.54 bits per heavy atom. The SMILES string of the molecule is CC(C)(CNC(=O)OC(C)(C)C)Cn1c(CN)nc2ccccc21. The molecule has 2 rings (SSSR count). The Balaban J connectivity index is 2.10. The minimum Gasteiger partial charge on any atom is -0.444 e. The fourth-order valence-electron chi connectivity index (χ4n) is 2.57. The topological polar surface area (TPSA) is 82.2 Å². The number of amides is 1. The van der Waals surface area contributed by atoms with Crippen molar-refractivity contribution in [2.45, 2.75) is 53.3 Å². The lowest BCUT2D eigenvalue weighted by atomic mass is 9.93. The van der Waals surface area contributed by atoms with Crippen LogP contribution < -0.4 is 11.1 Å². The van der Waals surface area contributed by atoms with Crippen LogP contribution in [0.25, 0.3) is 11.0 Å². The summed E-state index contributed by atoms with van der Waals surface area (Å²) in [5, 5.41) is 2.85. The Labute approximate surface area is 143 Å². The molecular formula is C18H28N4O2. The highest BCUT2D eigenvalue weighted by Crippen LogP contribution is 2.23. The van der Waals surface area contributed by atoms with E-state index in [0.29, 0.717) is 19.6 Å². The number of ether oxygens (including phenoxy) is 1. The first-order valence-corrected chi connectivity index (χ1v) is 8.22. The Bertz CT molecular complexity index is 713. The van der Waals surface area contributed by atoms with E-state index in [1.807, 2.05) is 45.0 Å². The zero-order valence-electron chi connectivity index (χ0n) is 15.2. The van der Waals surface area contributed by atoms with Gasteiger partial charge in [-0.3, -0.25) is 0 Å². The zero-order valence-corrected chi connectivity index (χ0v) is 15.2.